The number of aryl methyl sites for hydroxylation is 1. The van der Waals surface area contributed by atoms with Crippen LogP contribution in [0.25, 0.3) is 10.9 Å². The number of nitrogens with one attached hydrogen (secondary N) is 1. The van der Waals surface area contributed by atoms with Gasteiger partial charge in [0.2, 0.25) is 5.91 Å². The summed E-state index contributed by atoms with van der Waals surface area (Å²) in [5, 5.41) is 1.02. The summed E-state index contributed by atoms with van der Waals surface area (Å²) in [6.07, 6.45) is -4.11. The molecule has 0 fully saturated rings. The van der Waals surface area contributed by atoms with Crippen molar-refractivity contribution in [2.75, 3.05) is 7.05 Å². The first-order valence-corrected chi connectivity index (χ1v) is 8.22. The SMILES string of the molecule is Cc1[nH]c2ccccc2c1CC(=O)N(C)Cc1ccc(C(F)(F)F)cc1. The Kier molecular flexibility index (Phi) is 4.76. The van der Waals surface area contributed by atoms with E-state index in [0.717, 1.165) is 34.3 Å². The highest BCUT2D eigenvalue weighted by molar-refractivity contribution is 5.90. The zero-order valence-electron chi connectivity index (χ0n) is 14.5. The van der Waals surface area contributed by atoms with Gasteiger partial charge in [0, 0.05) is 30.2 Å². The molecule has 3 aromatic rings. The number of aromatic amines is 1. The van der Waals surface area contributed by atoms with Crippen LogP contribution in [0, 0.1) is 6.92 Å². The fourth-order valence-electron chi connectivity index (χ4n) is 3.01. The molecule has 0 unspecified atom stereocenters. The number of hydrogen-bond donors (Lipinski definition) is 1. The number of H-pyrrole nitrogens is 1. The van der Waals surface area contributed by atoms with E-state index in [1.165, 1.54) is 17.0 Å². The molecular formula is C20H19F3N2O. The van der Waals surface area contributed by atoms with Crippen molar-refractivity contribution in [1.82, 2.24) is 9.88 Å². The van der Waals surface area contributed by atoms with Crippen molar-refractivity contribution in [3.8, 4) is 0 Å². The number of para-hydroxylation sites is 1. The summed E-state index contributed by atoms with van der Waals surface area (Å²) in [6.45, 7) is 2.19. The molecule has 1 N–H and O–H groups in total. The maximum absolute atomic E-state index is 12.6. The first-order chi connectivity index (χ1) is 12.3. The first kappa shape index (κ1) is 18.0. The number of likely N-dealkylation sites (N-methyl/N-ethyl adjacent to an activating group) is 1. The molecule has 0 saturated heterocycles. The third-order valence-electron chi connectivity index (χ3n) is 4.48. The van der Waals surface area contributed by atoms with Crippen molar-refractivity contribution in [2.24, 2.45) is 0 Å². The number of rotatable bonds is 4. The number of nitrogens with zero attached hydrogens (tertiary/aromatic N) is 1. The molecule has 26 heavy (non-hydrogen) atoms. The number of halogens is 3. The van der Waals surface area contributed by atoms with E-state index in [1.807, 2.05) is 31.2 Å². The van der Waals surface area contributed by atoms with Crippen molar-refractivity contribution in [2.45, 2.75) is 26.1 Å². The molecule has 0 spiro atoms. The highest BCUT2D eigenvalue weighted by Crippen LogP contribution is 2.29. The molecule has 3 rings (SSSR count). The van der Waals surface area contributed by atoms with Gasteiger partial charge >= 0.3 is 6.18 Å². The van der Waals surface area contributed by atoms with Gasteiger partial charge in [-0.3, -0.25) is 4.79 Å². The quantitative estimate of drug-likeness (QED) is 0.719. The molecule has 0 aliphatic heterocycles. The average molecular weight is 360 g/mol. The summed E-state index contributed by atoms with van der Waals surface area (Å²) in [7, 11) is 1.66. The van der Waals surface area contributed by atoms with Crippen LogP contribution in [-0.2, 0) is 23.9 Å². The normalized spacial score (nSPS) is 11.7. The maximum Gasteiger partial charge on any atom is 0.416 e. The van der Waals surface area contributed by atoms with Crippen LogP contribution in [0.4, 0.5) is 13.2 Å². The topological polar surface area (TPSA) is 36.1 Å². The summed E-state index contributed by atoms with van der Waals surface area (Å²) in [5.41, 5.74) is 2.85. The molecule has 0 aliphatic carbocycles. The van der Waals surface area contributed by atoms with E-state index in [2.05, 4.69) is 4.98 Å². The zero-order valence-corrected chi connectivity index (χ0v) is 14.5. The molecule has 0 saturated carbocycles. The molecule has 0 bridgehead atoms. The van der Waals surface area contributed by atoms with E-state index in [4.69, 9.17) is 0 Å². The highest BCUT2D eigenvalue weighted by atomic mass is 19.4. The van der Waals surface area contributed by atoms with Gasteiger partial charge in [0.1, 0.15) is 0 Å². The van der Waals surface area contributed by atoms with Crippen molar-refractivity contribution in [3.63, 3.8) is 0 Å². The van der Waals surface area contributed by atoms with Crippen LogP contribution in [0.1, 0.15) is 22.4 Å². The Morgan fingerprint density at radius 1 is 1.08 bits per heavy atom. The highest BCUT2D eigenvalue weighted by Gasteiger charge is 2.30. The van der Waals surface area contributed by atoms with Gasteiger partial charge in [0.15, 0.2) is 0 Å². The zero-order chi connectivity index (χ0) is 18.9. The van der Waals surface area contributed by atoms with E-state index in [9.17, 15) is 18.0 Å². The number of carbonyl (C=O) groups is 1. The predicted molar refractivity (Wildman–Crippen MR) is 94.7 cm³/mol. The second kappa shape index (κ2) is 6.86. The Morgan fingerprint density at radius 3 is 2.38 bits per heavy atom. The summed E-state index contributed by atoms with van der Waals surface area (Å²) in [4.78, 5) is 17.4. The summed E-state index contributed by atoms with van der Waals surface area (Å²) in [5.74, 6) is -0.0854. The maximum atomic E-state index is 12.6. The summed E-state index contributed by atoms with van der Waals surface area (Å²) < 4.78 is 37.9. The lowest BCUT2D eigenvalue weighted by Crippen LogP contribution is -2.27. The molecule has 1 heterocycles. The van der Waals surface area contributed by atoms with E-state index in [1.54, 1.807) is 7.05 Å². The van der Waals surface area contributed by atoms with Crippen LogP contribution >= 0.6 is 0 Å². The van der Waals surface area contributed by atoms with E-state index >= 15 is 0 Å². The van der Waals surface area contributed by atoms with Gasteiger partial charge in [-0.25, -0.2) is 0 Å². The smallest absolute Gasteiger partial charge is 0.358 e. The minimum absolute atomic E-state index is 0.0854. The van der Waals surface area contributed by atoms with Gasteiger partial charge < -0.3 is 9.88 Å². The van der Waals surface area contributed by atoms with Gasteiger partial charge in [-0.1, -0.05) is 30.3 Å². The third-order valence-corrected chi connectivity index (χ3v) is 4.48. The Hall–Kier alpha value is -2.76. The molecule has 6 heteroatoms. The van der Waals surface area contributed by atoms with Crippen molar-refractivity contribution >= 4 is 16.8 Å². The third kappa shape index (κ3) is 3.74. The molecule has 1 amide bonds. The Bertz CT molecular complexity index is 926. The largest absolute Gasteiger partial charge is 0.416 e. The Balaban J connectivity index is 1.71. The number of aromatic nitrogens is 1. The minimum atomic E-state index is -4.35. The number of hydrogen-bond acceptors (Lipinski definition) is 1. The molecule has 1 aromatic heterocycles. The number of fused-ring (bicyclic) bond motifs is 1. The fourth-order valence-corrected chi connectivity index (χ4v) is 3.01. The average Bonchev–Trinajstić information content (AvgIpc) is 2.90. The van der Waals surface area contributed by atoms with E-state index < -0.39 is 11.7 Å². The molecule has 2 aromatic carbocycles. The molecule has 0 radical (unpaired) electrons. The van der Waals surface area contributed by atoms with Gasteiger partial charge in [0.25, 0.3) is 0 Å². The fraction of sp³-hybridized carbons (Fsp3) is 0.250. The molecular weight excluding hydrogens is 341 g/mol. The molecule has 3 nitrogen and oxygen atoms in total. The lowest BCUT2D eigenvalue weighted by molar-refractivity contribution is -0.137. The summed E-state index contributed by atoms with van der Waals surface area (Å²) in [6, 6.07) is 12.7. The van der Waals surface area contributed by atoms with E-state index in [0.29, 0.717) is 5.56 Å². The van der Waals surface area contributed by atoms with Gasteiger partial charge in [-0.2, -0.15) is 13.2 Å². The number of benzene rings is 2. The summed E-state index contributed by atoms with van der Waals surface area (Å²) >= 11 is 0. The van der Waals surface area contributed by atoms with Gasteiger partial charge in [-0.05, 0) is 36.2 Å². The van der Waals surface area contributed by atoms with Crippen LogP contribution in [0.5, 0.6) is 0 Å². The number of alkyl halides is 3. The van der Waals surface area contributed by atoms with E-state index in [-0.39, 0.29) is 18.9 Å². The Labute approximate surface area is 149 Å². The second-order valence-electron chi connectivity index (χ2n) is 6.40. The molecule has 136 valence electrons. The monoisotopic (exact) mass is 360 g/mol. The second-order valence-corrected chi connectivity index (χ2v) is 6.40. The van der Waals surface area contributed by atoms with Gasteiger partial charge in [-0.15, -0.1) is 0 Å². The lowest BCUT2D eigenvalue weighted by Gasteiger charge is -2.18. The van der Waals surface area contributed by atoms with Crippen LogP contribution in [-0.4, -0.2) is 22.8 Å². The van der Waals surface area contributed by atoms with Crippen molar-refractivity contribution < 1.29 is 18.0 Å². The van der Waals surface area contributed by atoms with Crippen LogP contribution in [0.15, 0.2) is 48.5 Å². The standard InChI is InChI=1S/C20H19F3N2O/c1-13-17(16-5-3-4-6-18(16)24-13)11-19(26)25(2)12-14-7-9-15(10-8-14)20(21,22)23/h3-10,24H,11-12H2,1-2H3. The van der Waals surface area contributed by atoms with Crippen LogP contribution in [0.2, 0.25) is 0 Å². The van der Waals surface area contributed by atoms with Gasteiger partial charge in [0.05, 0.1) is 12.0 Å². The molecule has 0 atom stereocenters. The van der Waals surface area contributed by atoms with Crippen molar-refractivity contribution in [3.05, 3.63) is 70.9 Å². The Morgan fingerprint density at radius 2 is 1.73 bits per heavy atom. The molecule has 0 aliphatic rings. The minimum Gasteiger partial charge on any atom is -0.358 e. The van der Waals surface area contributed by atoms with Crippen LogP contribution < -0.4 is 0 Å². The number of carbonyl (C=O) groups excluding carboxylic acids is 1. The van der Waals surface area contributed by atoms with Crippen LogP contribution in [0.3, 0.4) is 0 Å². The lowest BCUT2D eigenvalue weighted by atomic mass is 10.1. The first-order valence-electron chi connectivity index (χ1n) is 8.22. The van der Waals surface area contributed by atoms with Crippen molar-refractivity contribution in [1.29, 1.82) is 0 Å². The number of amides is 1. The predicted octanol–water partition coefficient (Wildman–Crippen LogP) is 4.70.